The van der Waals surface area contributed by atoms with Crippen LogP contribution in [0, 0.1) is 10.1 Å². The second-order valence-corrected chi connectivity index (χ2v) is 5.42. The number of hydrogen-bond acceptors (Lipinski definition) is 4. The second-order valence-electron chi connectivity index (χ2n) is 4.98. The van der Waals surface area contributed by atoms with Gasteiger partial charge in [-0.15, -0.1) is 0 Å². The number of nitro groups is 1. The number of carbonyl (C=O) groups excluding carboxylic acids is 1. The predicted octanol–water partition coefficient (Wildman–Crippen LogP) is 3.54. The first-order valence-corrected chi connectivity index (χ1v) is 7.37. The van der Waals surface area contributed by atoms with Crippen molar-refractivity contribution in [3.8, 4) is 0 Å². The van der Waals surface area contributed by atoms with Gasteiger partial charge in [-0.3, -0.25) is 14.9 Å². The molecule has 0 aromatic heterocycles. The van der Waals surface area contributed by atoms with Crippen LogP contribution in [0.15, 0.2) is 48.5 Å². The fourth-order valence-electron chi connectivity index (χ4n) is 2.06. The Morgan fingerprint density at radius 3 is 2.61 bits per heavy atom. The number of hydrogen-bond donors (Lipinski definition) is 2. The zero-order valence-corrected chi connectivity index (χ0v) is 13.2. The average molecular weight is 334 g/mol. The third-order valence-electron chi connectivity index (χ3n) is 3.30. The molecule has 0 heterocycles. The lowest BCUT2D eigenvalue weighted by Gasteiger charge is -2.14. The molecular formula is C16H16ClN3O3. The summed E-state index contributed by atoms with van der Waals surface area (Å²) in [6, 6.07) is 13.8. The third kappa shape index (κ3) is 4.77. The Kier molecular flexibility index (Phi) is 5.67. The van der Waals surface area contributed by atoms with Crippen molar-refractivity contribution in [2.75, 3.05) is 11.9 Å². The largest absolute Gasteiger partial charge is 0.319 e. The van der Waals surface area contributed by atoms with Gasteiger partial charge in [0.1, 0.15) is 5.69 Å². The fourth-order valence-corrected chi connectivity index (χ4v) is 2.23. The normalized spacial score (nSPS) is 11.7. The number of nitro benzene ring substituents is 1. The minimum atomic E-state index is -0.582. The van der Waals surface area contributed by atoms with E-state index < -0.39 is 4.92 Å². The van der Waals surface area contributed by atoms with Crippen LogP contribution in [0.5, 0.6) is 0 Å². The topological polar surface area (TPSA) is 84.3 Å². The molecule has 0 radical (unpaired) electrons. The number of halogens is 1. The summed E-state index contributed by atoms with van der Waals surface area (Å²) in [5.74, 6) is -0.363. The number of nitrogens with one attached hydrogen (secondary N) is 2. The lowest BCUT2D eigenvalue weighted by atomic mass is 10.1. The summed E-state index contributed by atoms with van der Waals surface area (Å²) < 4.78 is 0. The molecule has 0 aliphatic carbocycles. The Labute approximate surface area is 138 Å². The Morgan fingerprint density at radius 2 is 1.96 bits per heavy atom. The van der Waals surface area contributed by atoms with E-state index in [2.05, 4.69) is 10.6 Å². The first-order valence-electron chi connectivity index (χ1n) is 6.99. The summed E-state index contributed by atoms with van der Waals surface area (Å²) in [4.78, 5) is 22.4. The van der Waals surface area contributed by atoms with Crippen LogP contribution >= 0.6 is 11.6 Å². The SMILES string of the molecule is C[C@H](NCC(=O)Nc1ccc(Cl)cc1[N+](=O)[O-])c1ccccc1. The molecule has 0 saturated carbocycles. The number of carbonyl (C=O) groups is 1. The van der Waals surface area contributed by atoms with Crippen molar-refractivity contribution in [1.29, 1.82) is 0 Å². The molecule has 0 aliphatic heterocycles. The highest BCUT2D eigenvalue weighted by Gasteiger charge is 2.16. The molecule has 0 bridgehead atoms. The van der Waals surface area contributed by atoms with Crippen molar-refractivity contribution in [3.63, 3.8) is 0 Å². The van der Waals surface area contributed by atoms with Gasteiger partial charge in [-0.2, -0.15) is 0 Å². The lowest BCUT2D eigenvalue weighted by Crippen LogP contribution is -2.30. The molecule has 1 atom stereocenters. The molecule has 7 heteroatoms. The van der Waals surface area contributed by atoms with Gasteiger partial charge in [0, 0.05) is 17.1 Å². The summed E-state index contributed by atoms with van der Waals surface area (Å²) in [5.41, 5.74) is 0.943. The van der Waals surface area contributed by atoms with E-state index in [9.17, 15) is 14.9 Å². The van der Waals surface area contributed by atoms with E-state index in [4.69, 9.17) is 11.6 Å². The molecule has 6 nitrogen and oxygen atoms in total. The van der Waals surface area contributed by atoms with E-state index >= 15 is 0 Å². The van der Waals surface area contributed by atoms with Gasteiger partial charge in [-0.25, -0.2) is 0 Å². The van der Waals surface area contributed by atoms with Crippen molar-refractivity contribution in [1.82, 2.24) is 5.32 Å². The van der Waals surface area contributed by atoms with Gasteiger partial charge in [0.05, 0.1) is 11.5 Å². The minimum Gasteiger partial charge on any atom is -0.319 e. The van der Waals surface area contributed by atoms with Gasteiger partial charge in [0.15, 0.2) is 0 Å². The molecular weight excluding hydrogens is 318 g/mol. The standard InChI is InChI=1S/C16H16ClN3O3/c1-11(12-5-3-2-4-6-12)18-10-16(21)19-14-8-7-13(17)9-15(14)20(22)23/h2-9,11,18H,10H2,1H3,(H,19,21)/t11-/m0/s1. The quantitative estimate of drug-likeness (QED) is 0.625. The van der Waals surface area contributed by atoms with E-state index in [0.29, 0.717) is 0 Å². The molecule has 120 valence electrons. The zero-order chi connectivity index (χ0) is 16.8. The predicted molar refractivity (Wildman–Crippen MR) is 89.6 cm³/mol. The molecule has 2 N–H and O–H groups in total. The highest BCUT2D eigenvalue weighted by Crippen LogP contribution is 2.27. The number of nitrogens with zero attached hydrogens (tertiary/aromatic N) is 1. The van der Waals surface area contributed by atoms with E-state index in [0.717, 1.165) is 5.56 Å². The van der Waals surface area contributed by atoms with Crippen LogP contribution in [0.2, 0.25) is 5.02 Å². The maximum absolute atomic E-state index is 12.0. The first-order chi connectivity index (χ1) is 11.0. The maximum Gasteiger partial charge on any atom is 0.294 e. The van der Waals surface area contributed by atoms with Crippen LogP contribution in [-0.2, 0) is 4.79 Å². The molecule has 0 fully saturated rings. The van der Waals surface area contributed by atoms with Gasteiger partial charge in [-0.1, -0.05) is 41.9 Å². The van der Waals surface area contributed by atoms with Gasteiger partial charge < -0.3 is 10.6 Å². The number of anilines is 1. The van der Waals surface area contributed by atoms with E-state index in [-0.39, 0.29) is 34.9 Å². The monoisotopic (exact) mass is 333 g/mol. The van der Waals surface area contributed by atoms with Crippen LogP contribution in [0.25, 0.3) is 0 Å². The van der Waals surface area contributed by atoms with Crippen molar-refractivity contribution >= 4 is 28.9 Å². The van der Waals surface area contributed by atoms with E-state index in [1.54, 1.807) is 0 Å². The highest BCUT2D eigenvalue weighted by molar-refractivity contribution is 6.31. The maximum atomic E-state index is 12.0. The third-order valence-corrected chi connectivity index (χ3v) is 3.53. The Balaban J connectivity index is 1.96. The van der Waals surface area contributed by atoms with Crippen molar-refractivity contribution in [2.45, 2.75) is 13.0 Å². The smallest absolute Gasteiger partial charge is 0.294 e. The van der Waals surface area contributed by atoms with Crippen molar-refractivity contribution < 1.29 is 9.72 Å². The molecule has 2 aromatic rings. The first kappa shape index (κ1) is 16.9. The number of benzene rings is 2. The van der Waals surface area contributed by atoms with E-state index in [1.807, 2.05) is 37.3 Å². The summed E-state index contributed by atoms with van der Waals surface area (Å²) in [6.45, 7) is 1.98. The molecule has 2 aromatic carbocycles. The molecule has 0 saturated heterocycles. The lowest BCUT2D eigenvalue weighted by molar-refractivity contribution is -0.383. The van der Waals surface area contributed by atoms with Crippen LogP contribution in [0.4, 0.5) is 11.4 Å². The molecule has 23 heavy (non-hydrogen) atoms. The van der Waals surface area contributed by atoms with E-state index in [1.165, 1.54) is 18.2 Å². The highest BCUT2D eigenvalue weighted by atomic mass is 35.5. The van der Waals surface area contributed by atoms with Crippen LogP contribution < -0.4 is 10.6 Å². The Bertz CT molecular complexity index is 707. The molecule has 1 amide bonds. The number of rotatable bonds is 6. The van der Waals surface area contributed by atoms with Crippen molar-refractivity contribution in [3.05, 3.63) is 69.2 Å². The van der Waals surface area contributed by atoms with Gasteiger partial charge in [-0.05, 0) is 24.6 Å². The average Bonchev–Trinajstić information content (AvgIpc) is 2.55. The van der Waals surface area contributed by atoms with Crippen LogP contribution in [-0.4, -0.2) is 17.4 Å². The summed E-state index contributed by atoms with van der Waals surface area (Å²) in [7, 11) is 0. The van der Waals surface area contributed by atoms with Gasteiger partial charge in [0.25, 0.3) is 5.69 Å². The molecule has 0 spiro atoms. The Hall–Kier alpha value is -2.44. The number of amides is 1. The van der Waals surface area contributed by atoms with Crippen molar-refractivity contribution in [2.24, 2.45) is 0 Å². The van der Waals surface area contributed by atoms with Gasteiger partial charge >= 0.3 is 0 Å². The molecule has 0 aliphatic rings. The van der Waals surface area contributed by atoms with Crippen LogP contribution in [0.3, 0.4) is 0 Å². The fraction of sp³-hybridized carbons (Fsp3) is 0.188. The Morgan fingerprint density at radius 1 is 1.26 bits per heavy atom. The summed E-state index contributed by atoms with van der Waals surface area (Å²) in [6.07, 6.45) is 0. The second kappa shape index (κ2) is 7.71. The van der Waals surface area contributed by atoms with Crippen LogP contribution in [0.1, 0.15) is 18.5 Å². The van der Waals surface area contributed by atoms with Gasteiger partial charge in [0.2, 0.25) is 5.91 Å². The summed E-state index contributed by atoms with van der Waals surface area (Å²) >= 11 is 5.74. The zero-order valence-electron chi connectivity index (χ0n) is 12.5. The molecule has 0 unspecified atom stereocenters. The summed E-state index contributed by atoms with van der Waals surface area (Å²) in [5, 5.41) is 16.8. The molecule has 2 rings (SSSR count). The minimum absolute atomic E-state index is 0.0119.